The van der Waals surface area contributed by atoms with Crippen LogP contribution in [-0.4, -0.2) is 0 Å². The summed E-state index contributed by atoms with van der Waals surface area (Å²) in [6, 6.07) is 93.2. The van der Waals surface area contributed by atoms with Crippen LogP contribution in [0.4, 0.5) is 34.1 Å². The quantitative estimate of drug-likeness (QED) is 0.126. The van der Waals surface area contributed by atoms with Crippen molar-refractivity contribution in [2.45, 2.75) is 13.8 Å². The number of aryl methyl sites for hydroxylation is 2. The Morgan fingerprint density at radius 3 is 0.926 bits per heavy atom. The average molecular weight is 869 g/mol. The van der Waals surface area contributed by atoms with Crippen molar-refractivity contribution in [1.82, 2.24) is 0 Å². The number of hydrogen-bond acceptors (Lipinski definition) is 2. The molecule has 2 nitrogen and oxygen atoms in total. The molecular formula is C66H48N2. The normalized spacial score (nSPS) is 11.4. The molecule has 0 unspecified atom stereocenters. The van der Waals surface area contributed by atoms with Crippen molar-refractivity contribution < 1.29 is 0 Å². The molecule has 12 aromatic rings. The van der Waals surface area contributed by atoms with Gasteiger partial charge in [-0.15, -0.1) is 0 Å². The minimum atomic E-state index is 1.11. The van der Waals surface area contributed by atoms with Crippen molar-refractivity contribution in [2.24, 2.45) is 0 Å². The Kier molecular flexibility index (Phi) is 10.3. The fraction of sp³-hybridized carbons (Fsp3) is 0.0303. The minimum absolute atomic E-state index is 1.11. The van der Waals surface area contributed by atoms with Gasteiger partial charge in [-0.2, -0.15) is 0 Å². The van der Waals surface area contributed by atoms with Gasteiger partial charge in [0.05, 0.1) is 11.4 Å². The van der Waals surface area contributed by atoms with Gasteiger partial charge in [-0.25, -0.2) is 0 Å². The van der Waals surface area contributed by atoms with E-state index in [0.717, 1.165) is 34.1 Å². The lowest BCUT2D eigenvalue weighted by Crippen LogP contribution is -2.13. The number of benzene rings is 12. The number of anilines is 6. The maximum absolute atomic E-state index is 2.49. The fourth-order valence-electron chi connectivity index (χ4n) is 10.2. The van der Waals surface area contributed by atoms with Crippen LogP contribution in [0.15, 0.2) is 255 Å². The van der Waals surface area contributed by atoms with Crippen LogP contribution >= 0.6 is 0 Å². The van der Waals surface area contributed by atoms with Gasteiger partial charge in [0.25, 0.3) is 0 Å². The summed E-state index contributed by atoms with van der Waals surface area (Å²) in [5, 5.41) is 7.35. The second kappa shape index (κ2) is 17.3. The Morgan fingerprint density at radius 2 is 0.559 bits per heavy atom. The molecule has 0 fully saturated rings. The largest absolute Gasteiger partial charge is 0.310 e. The Morgan fingerprint density at radius 1 is 0.235 bits per heavy atom. The van der Waals surface area contributed by atoms with E-state index in [4.69, 9.17) is 0 Å². The van der Waals surface area contributed by atoms with E-state index >= 15 is 0 Å². The second-order valence-electron chi connectivity index (χ2n) is 17.8. The molecule has 0 bridgehead atoms. The molecule has 0 aliphatic heterocycles. The van der Waals surface area contributed by atoms with Gasteiger partial charge in [0.2, 0.25) is 0 Å². The molecule has 2 heteroatoms. The first-order valence-corrected chi connectivity index (χ1v) is 23.5. The molecular weight excluding hydrogens is 821 g/mol. The van der Waals surface area contributed by atoms with Crippen LogP contribution in [0.3, 0.4) is 0 Å². The molecule has 0 radical (unpaired) electrons. The third kappa shape index (κ3) is 7.33. The van der Waals surface area contributed by atoms with E-state index in [1.807, 2.05) is 0 Å². The molecule has 322 valence electrons. The van der Waals surface area contributed by atoms with E-state index in [1.165, 1.54) is 88.0 Å². The van der Waals surface area contributed by atoms with Gasteiger partial charge in [-0.1, -0.05) is 206 Å². The maximum atomic E-state index is 2.49. The van der Waals surface area contributed by atoms with Crippen LogP contribution in [0.5, 0.6) is 0 Å². The van der Waals surface area contributed by atoms with Crippen LogP contribution in [0.1, 0.15) is 11.1 Å². The smallest absolute Gasteiger partial charge is 0.0540 e. The summed E-state index contributed by atoms with van der Waals surface area (Å²) in [5.74, 6) is 0. The summed E-state index contributed by atoms with van der Waals surface area (Å²) >= 11 is 0. The topological polar surface area (TPSA) is 6.48 Å². The highest BCUT2D eigenvalue weighted by Crippen LogP contribution is 2.49. The van der Waals surface area contributed by atoms with Crippen LogP contribution < -0.4 is 9.80 Å². The van der Waals surface area contributed by atoms with E-state index in [1.54, 1.807) is 0 Å². The molecule has 68 heavy (non-hydrogen) atoms. The van der Waals surface area contributed by atoms with E-state index in [9.17, 15) is 0 Å². The van der Waals surface area contributed by atoms with Crippen LogP contribution in [0.2, 0.25) is 0 Å². The van der Waals surface area contributed by atoms with Crippen molar-refractivity contribution in [3.8, 4) is 44.5 Å². The predicted octanol–water partition coefficient (Wildman–Crippen LogP) is 18.8. The molecule has 0 saturated heterocycles. The first-order chi connectivity index (χ1) is 33.6. The molecule has 0 aliphatic rings. The highest BCUT2D eigenvalue weighted by atomic mass is 15.2. The monoisotopic (exact) mass is 868 g/mol. The lowest BCUT2D eigenvalue weighted by atomic mass is 9.91. The van der Waals surface area contributed by atoms with Crippen molar-refractivity contribution in [2.75, 3.05) is 9.80 Å². The SMILES string of the molecule is Cc1ccc(-c2ccccc2)cc1N(c1cccc(-c2ccccc2)c1)c1ccc2ccc3c(N(c4cccc(-c5ccccc5)c4)c4cc(-c5ccccc5)ccc4C)ccc4ccc1c2c43. The summed E-state index contributed by atoms with van der Waals surface area (Å²) in [6.45, 7) is 4.47. The van der Waals surface area contributed by atoms with E-state index < -0.39 is 0 Å². The molecule has 0 aliphatic carbocycles. The number of hydrogen-bond donors (Lipinski definition) is 0. The van der Waals surface area contributed by atoms with Gasteiger partial charge in [0.15, 0.2) is 0 Å². The predicted molar refractivity (Wildman–Crippen MR) is 291 cm³/mol. The Bertz CT molecular complexity index is 3500. The first kappa shape index (κ1) is 40.8. The Balaban J connectivity index is 1.10. The maximum Gasteiger partial charge on any atom is 0.0540 e. The summed E-state index contributed by atoms with van der Waals surface area (Å²) in [6.07, 6.45) is 0. The summed E-state index contributed by atoms with van der Waals surface area (Å²) in [4.78, 5) is 4.97. The van der Waals surface area contributed by atoms with Gasteiger partial charge in [0.1, 0.15) is 0 Å². The minimum Gasteiger partial charge on any atom is -0.310 e. The summed E-state index contributed by atoms with van der Waals surface area (Å²) in [7, 11) is 0. The molecule has 0 saturated carbocycles. The van der Waals surface area contributed by atoms with Gasteiger partial charge in [-0.3, -0.25) is 0 Å². The molecule has 12 aromatic carbocycles. The van der Waals surface area contributed by atoms with Crippen LogP contribution in [-0.2, 0) is 0 Å². The van der Waals surface area contributed by atoms with Crippen molar-refractivity contribution >= 4 is 66.4 Å². The number of nitrogens with zero attached hydrogens (tertiary/aromatic N) is 2. The summed E-state index contributed by atoms with van der Waals surface area (Å²) in [5.41, 5.74) is 18.6. The lowest BCUT2D eigenvalue weighted by molar-refractivity contribution is 1.26. The van der Waals surface area contributed by atoms with E-state index in [-0.39, 0.29) is 0 Å². The van der Waals surface area contributed by atoms with Crippen LogP contribution in [0, 0.1) is 13.8 Å². The zero-order valence-corrected chi connectivity index (χ0v) is 38.1. The fourth-order valence-corrected chi connectivity index (χ4v) is 10.2. The summed E-state index contributed by atoms with van der Waals surface area (Å²) < 4.78 is 0. The van der Waals surface area contributed by atoms with Crippen molar-refractivity contribution in [1.29, 1.82) is 0 Å². The van der Waals surface area contributed by atoms with Crippen LogP contribution in [0.25, 0.3) is 76.8 Å². The van der Waals surface area contributed by atoms with E-state index in [0.29, 0.717) is 0 Å². The first-order valence-electron chi connectivity index (χ1n) is 23.5. The van der Waals surface area contributed by atoms with Gasteiger partial charge in [-0.05, 0) is 140 Å². The third-order valence-electron chi connectivity index (χ3n) is 13.6. The Hall–Kier alpha value is -8.72. The Labute approximate surface area is 398 Å². The third-order valence-corrected chi connectivity index (χ3v) is 13.6. The molecule has 0 atom stereocenters. The standard InChI is InChI=1S/C66H48N2/c1-45-29-31-55(49-21-11-5-12-22-49)43-63(45)67(57-27-15-25-53(41-57)47-17-7-3-8-18-47)61-39-35-51-34-38-60-62(40-36-52-33-37-59(61)65(51)66(52)60)68(58-28-16-26-54(42-58)48-19-9-4-10-20-48)64-44-56(32-30-46(64)2)50-23-13-6-14-24-50/h3-44H,1-2H3. The molecule has 0 amide bonds. The molecule has 0 heterocycles. The lowest BCUT2D eigenvalue weighted by Gasteiger charge is -2.31. The molecule has 0 spiro atoms. The van der Waals surface area contributed by atoms with Gasteiger partial charge >= 0.3 is 0 Å². The van der Waals surface area contributed by atoms with Gasteiger partial charge < -0.3 is 9.80 Å². The average Bonchev–Trinajstić information content (AvgIpc) is 3.41. The van der Waals surface area contributed by atoms with Crippen molar-refractivity contribution in [3.05, 3.63) is 266 Å². The van der Waals surface area contributed by atoms with Crippen molar-refractivity contribution in [3.63, 3.8) is 0 Å². The van der Waals surface area contributed by atoms with E-state index in [2.05, 4.69) is 278 Å². The molecule has 0 aromatic heterocycles. The molecule has 12 rings (SSSR count). The van der Waals surface area contributed by atoms with Gasteiger partial charge in [0, 0.05) is 33.5 Å². The second-order valence-corrected chi connectivity index (χ2v) is 17.8. The molecule has 0 N–H and O–H groups in total. The number of rotatable bonds is 10. The zero-order chi connectivity index (χ0) is 45.6. The highest BCUT2D eigenvalue weighted by molar-refractivity contribution is 6.28. The highest BCUT2D eigenvalue weighted by Gasteiger charge is 2.24. The zero-order valence-electron chi connectivity index (χ0n) is 38.1.